The zero-order valence-corrected chi connectivity index (χ0v) is 16.0. The van der Waals surface area contributed by atoms with Gasteiger partial charge >= 0.3 is 11.9 Å². The quantitative estimate of drug-likeness (QED) is 0.612. The van der Waals surface area contributed by atoms with Crippen molar-refractivity contribution < 1.29 is 24.2 Å². The van der Waals surface area contributed by atoms with Gasteiger partial charge < -0.3 is 14.6 Å². The van der Waals surface area contributed by atoms with E-state index < -0.39 is 17.7 Å². The third-order valence-electron chi connectivity index (χ3n) is 7.21. The molecule has 1 heterocycles. The lowest BCUT2D eigenvalue weighted by molar-refractivity contribution is -0.168. The molecule has 5 nitrogen and oxygen atoms in total. The van der Waals surface area contributed by atoms with Crippen LogP contribution in [0.5, 0.6) is 0 Å². The van der Waals surface area contributed by atoms with Gasteiger partial charge in [-0.25, -0.2) is 4.79 Å². The summed E-state index contributed by atoms with van der Waals surface area (Å²) < 4.78 is 9.95. The molecule has 3 aliphatic rings. The highest BCUT2D eigenvalue weighted by molar-refractivity contribution is 5.90. The van der Waals surface area contributed by atoms with Gasteiger partial charge in [0.1, 0.15) is 0 Å². The molecular weight excluding hydrogens is 332 g/mol. The van der Waals surface area contributed by atoms with Crippen LogP contribution in [0.25, 0.3) is 0 Å². The number of esters is 2. The molecule has 1 N–H and O–H groups in total. The number of allylic oxidation sites excluding steroid dienone is 1. The van der Waals surface area contributed by atoms with E-state index >= 15 is 0 Å². The fourth-order valence-corrected chi connectivity index (χ4v) is 5.90. The average Bonchev–Trinajstić information content (AvgIpc) is 2.90. The summed E-state index contributed by atoms with van der Waals surface area (Å²) in [5.41, 5.74) is 1.27. The number of rotatable bonds is 4. The van der Waals surface area contributed by atoms with Gasteiger partial charge in [0.15, 0.2) is 0 Å². The van der Waals surface area contributed by atoms with E-state index in [0.717, 1.165) is 38.5 Å². The van der Waals surface area contributed by atoms with E-state index in [1.165, 1.54) is 18.8 Å². The fourth-order valence-electron chi connectivity index (χ4n) is 5.90. The number of carbonyl (C=O) groups is 2. The summed E-state index contributed by atoms with van der Waals surface area (Å²) in [6.07, 6.45) is 6.51. The number of carbonyl (C=O) groups excluding carboxylic acids is 2. The molecule has 3 rings (SSSR count). The average molecular weight is 362 g/mol. The van der Waals surface area contributed by atoms with Gasteiger partial charge in [0.05, 0.1) is 12.5 Å². The van der Waals surface area contributed by atoms with Crippen LogP contribution < -0.4 is 0 Å². The minimum Gasteiger partial charge on any atom is -0.469 e. The van der Waals surface area contributed by atoms with Crippen LogP contribution in [0.1, 0.15) is 58.8 Å². The zero-order valence-electron chi connectivity index (χ0n) is 16.0. The Morgan fingerprint density at radius 2 is 2.15 bits per heavy atom. The van der Waals surface area contributed by atoms with Crippen molar-refractivity contribution in [3.05, 3.63) is 23.8 Å². The highest BCUT2D eigenvalue weighted by Crippen LogP contribution is 2.62. The van der Waals surface area contributed by atoms with Gasteiger partial charge in [0.2, 0.25) is 6.29 Å². The lowest BCUT2D eigenvalue weighted by Gasteiger charge is -2.57. The van der Waals surface area contributed by atoms with Crippen molar-refractivity contribution in [1.29, 1.82) is 0 Å². The SMILES string of the molecule is C=C1CC[C@@H]2[C@](C)(CCC[C@@]2(C)C(=O)OC)[C@H]1CCC1=C[C@H](O)OC1=O. The van der Waals surface area contributed by atoms with Crippen molar-refractivity contribution in [3.8, 4) is 0 Å². The van der Waals surface area contributed by atoms with Gasteiger partial charge in [-0.2, -0.15) is 0 Å². The van der Waals surface area contributed by atoms with Gasteiger partial charge in [-0.15, -0.1) is 0 Å². The van der Waals surface area contributed by atoms with Crippen molar-refractivity contribution in [2.75, 3.05) is 7.11 Å². The van der Waals surface area contributed by atoms with E-state index in [0.29, 0.717) is 12.0 Å². The zero-order chi connectivity index (χ0) is 19.1. The molecule has 2 fully saturated rings. The van der Waals surface area contributed by atoms with Crippen molar-refractivity contribution in [2.24, 2.45) is 22.7 Å². The second kappa shape index (κ2) is 6.84. The number of ether oxygens (including phenoxy) is 2. The highest BCUT2D eigenvalue weighted by atomic mass is 16.6. The van der Waals surface area contributed by atoms with Crippen molar-refractivity contribution in [2.45, 2.75) is 65.1 Å². The Hall–Kier alpha value is -1.62. The van der Waals surface area contributed by atoms with E-state index in [9.17, 15) is 14.7 Å². The van der Waals surface area contributed by atoms with Gasteiger partial charge in [-0.1, -0.05) is 25.5 Å². The number of cyclic esters (lactones) is 1. The normalized spacial score (nSPS) is 39.8. The third-order valence-corrected chi connectivity index (χ3v) is 7.21. The summed E-state index contributed by atoms with van der Waals surface area (Å²) in [7, 11) is 1.47. The lowest BCUT2D eigenvalue weighted by Crippen LogP contribution is -2.53. The molecule has 0 aromatic heterocycles. The molecule has 2 saturated carbocycles. The van der Waals surface area contributed by atoms with Crippen LogP contribution in [0.3, 0.4) is 0 Å². The van der Waals surface area contributed by atoms with Gasteiger partial charge in [-0.05, 0) is 68.8 Å². The predicted molar refractivity (Wildman–Crippen MR) is 96.9 cm³/mol. The summed E-state index contributed by atoms with van der Waals surface area (Å²) in [5, 5.41) is 9.47. The van der Waals surface area contributed by atoms with Crippen molar-refractivity contribution >= 4 is 11.9 Å². The number of hydrogen-bond acceptors (Lipinski definition) is 5. The Bertz CT molecular complexity index is 651. The number of methoxy groups -OCH3 is 1. The molecule has 26 heavy (non-hydrogen) atoms. The molecule has 0 aromatic rings. The molecule has 2 aliphatic carbocycles. The molecular formula is C21H30O5. The summed E-state index contributed by atoms with van der Waals surface area (Å²) >= 11 is 0. The van der Waals surface area contributed by atoms with Crippen LogP contribution in [0.15, 0.2) is 23.8 Å². The minimum absolute atomic E-state index is 0.0296. The summed E-state index contributed by atoms with van der Waals surface area (Å²) in [6.45, 7) is 8.66. The highest BCUT2D eigenvalue weighted by Gasteiger charge is 2.57. The van der Waals surface area contributed by atoms with E-state index in [1.54, 1.807) is 0 Å². The molecule has 0 spiro atoms. The largest absolute Gasteiger partial charge is 0.469 e. The van der Waals surface area contributed by atoms with Crippen molar-refractivity contribution in [3.63, 3.8) is 0 Å². The molecule has 5 heteroatoms. The maximum Gasteiger partial charge on any atom is 0.336 e. The molecule has 0 radical (unpaired) electrons. The summed E-state index contributed by atoms with van der Waals surface area (Å²) in [6, 6.07) is 0. The molecule has 0 aromatic carbocycles. The first-order chi connectivity index (χ1) is 12.2. The smallest absolute Gasteiger partial charge is 0.336 e. The standard InChI is InChI=1S/C21H30O5/c1-13-6-9-16-20(2,10-5-11-21(16,3)19(24)25-4)15(13)8-7-14-12-17(22)26-18(14)23/h12,15-17,22H,1,5-11H2,2-4H3/t15-,16+,17+,20+,21+/m0/s1. The second-order valence-corrected chi connectivity index (χ2v) is 8.60. The first-order valence-corrected chi connectivity index (χ1v) is 9.58. The van der Waals surface area contributed by atoms with Crippen molar-refractivity contribution in [1.82, 2.24) is 0 Å². The minimum atomic E-state index is -1.12. The molecule has 0 saturated heterocycles. The summed E-state index contributed by atoms with van der Waals surface area (Å²) in [5.74, 6) is -0.0349. The molecule has 1 aliphatic heterocycles. The van der Waals surface area contributed by atoms with E-state index in [1.807, 2.05) is 0 Å². The van der Waals surface area contributed by atoms with Crippen LogP contribution in [0.2, 0.25) is 0 Å². The third kappa shape index (κ3) is 3.00. The number of hydrogen-bond donors (Lipinski definition) is 1. The monoisotopic (exact) mass is 362 g/mol. The number of aliphatic hydroxyl groups is 1. The van der Waals surface area contributed by atoms with Crippen LogP contribution in [0, 0.1) is 22.7 Å². The van der Waals surface area contributed by atoms with Crippen LogP contribution in [-0.2, 0) is 19.1 Å². The van der Waals surface area contributed by atoms with Crippen LogP contribution in [-0.4, -0.2) is 30.4 Å². The lowest BCUT2D eigenvalue weighted by atomic mass is 9.46. The maximum absolute atomic E-state index is 12.6. The molecule has 0 amide bonds. The predicted octanol–water partition coefficient (Wildman–Crippen LogP) is 3.52. The first-order valence-electron chi connectivity index (χ1n) is 9.58. The maximum atomic E-state index is 12.6. The molecule has 5 atom stereocenters. The van der Waals surface area contributed by atoms with Gasteiger partial charge in [-0.3, -0.25) is 4.79 Å². The molecule has 144 valence electrons. The van der Waals surface area contributed by atoms with Crippen LogP contribution in [0.4, 0.5) is 0 Å². The number of aliphatic hydroxyl groups excluding tert-OH is 1. The van der Waals surface area contributed by atoms with E-state index in [2.05, 4.69) is 20.4 Å². The Morgan fingerprint density at radius 3 is 2.77 bits per heavy atom. The van der Waals surface area contributed by atoms with E-state index in [-0.39, 0.29) is 23.2 Å². The van der Waals surface area contributed by atoms with E-state index in [4.69, 9.17) is 9.47 Å². The van der Waals surface area contributed by atoms with Gasteiger partial charge in [0.25, 0.3) is 0 Å². The topological polar surface area (TPSA) is 72.8 Å². The molecule has 0 bridgehead atoms. The summed E-state index contributed by atoms with van der Waals surface area (Å²) in [4.78, 5) is 24.4. The molecule has 0 unspecified atom stereocenters. The Labute approximate surface area is 155 Å². The Morgan fingerprint density at radius 1 is 1.42 bits per heavy atom. The first kappa shape index (κ1) is 19.2. The Kier molecular flexibility index (Phi) is 5.04. The van der Waals surface area contributed by atoms with Crippen LogP contribution >= 0.6 is 0 Å². The fraction of sp³-hybridized carbons (Fsp3) is 0.714. The van der Waals surface area contributed by atoms with Gasteiger partial charge in [0, 0.05) is 5.57 Å². The Balaban J connectivity index is 1.83. The number of fused-ring (bicyclic) bond motifs is 1. The second-order valence-electron chi connectivity index (χ2n) is 8.60.